The number of aromatic amines is 1. The van der Waals surface area contributed by atoms with Crippen molar-refractivity contribution in [3.05, 3.63) is 94.8 Å². The fraction of sp³-hybridized carbons (Fsp3) is 0.111. The number of carbonyl (C=O) groups excluding carboxylic acids is 2. The van der Waals surface area contributed by atoms with Crippen LogP contribution in [0.15, 0.2) is 83.7 Å². The smallest absolute Gasteiger partial charge is 0.258 e. The molecule has 4 N–H and O–H groups in total. The average molecular weight is 498 g/mol. The predicted octanol–water partition coefficient (Wildman–Crippen LogP) is 4.38. The highest BCUT2D eigenvalue weighted by molar-refractivity contribution is 6.04. The maximum Gasteiger partial charge on any atom is 0.258 e. The molecule has 186 valence electrons. The van der Waals surface area contributed by atoms with Gasteiger partial charge in [0, 0.05) is 17.8 Å². The zero-order chi connectivity index (χ0) is 25.8. The summed E-state index contributed by atoms with van der Waals surface area (Å²) >= 11 is 0. The van der Waals surface area contributed by atoms with E-state index >= 15 is 0 Å². The van der Waals surface area contributed by atoms with Crippen LogP contribution >= 0.6 is 0 Å². The van der Waals surface area contributed by atoms with E-state index in [1.54, 1.807) is 55.6 Å². The summed E-state index contributed by atoms with van der Waals surface area (Å²) in [5.41, 5.74) is 0.731. The quantitative estimate of drug-likeness (QED) is 0.298. The van der Waals surface area contributed by atoms with Crippen molar-refractivity contribution in [2.24, 2.45) is 0 Å². The van der Waals surface area contributed by atoms with Gasteiger partial charge in [0.2, 0.25) is 17.8 Å². The topological polar surface area (TPSA) is 134 Å². The molecule has 10 nitrogen and oxygen atoms in total. The maximum atomic E-state index is 13.1. The molecule has 0 unspecified atom stereocenters. The summed E-state index contributed by atoms with van der Waals surface area (Å²) in [6, 6.07) is 23.1. The summed E-state index contributed by atoms with van der Waals surface area (Å²) in [6.45, 7) is 0. The van der Waals surface area contributed by atoms with Crippen molar-refractivity contribution < 1.29 is 19.1 Å². The molecule has 0 saturated carbocycles. The Labute approximate surface area is 211 Å². The van der Waals surface area contributed by atoms with Gasteiger partial charge in [-0.2, -0.15) is 4.98 Å². The van der Waals surface area contributed by atoms with Gasteiger partial charge in [0.25, 0.3) is 5.56 Å². The number of para-hydroxylation sites is 1. The van der Waals surface area contributed by atoms with Crippen LogP contribution in [0.2, 0.25) is 0 Å². The van der Waals surface area contributed by atoms with Gasteiger partial charge in [0.15, 0.2) is 0 Å². The van der Waals surface area contributed by atoms with Gasteiger partial charge in [0.1, 0.15) is 23.1 Å². The Morgan fingerprint density at radius 1 is 0.892 bits per heavy atom. The number of rotatable bonds is 7. The van der Waals surface area contributed by atoms with Crippen molar-refractivity contribution in [3.8, 4) is 17.2 Å². The first-order chi connectivity index (χ1) is 18.0. The second-order valence-electron chi connectivity index (χ2n) is 8.26. The van der Waals surface area contributed by atoms with Crippen LogP contribution in [0.5, 0.6) is 17.2 Å². The molecule has 1 aliphatic rings. The Bertz CT molecular complexity index is 1480. The molecule has 0 fully saturated rings. The highest BCUT2D eigenvalue weighted by Crippen LogP contribution is 2.31. The Hall–Kier alpha value is -5.12. The fourth-order valence-corrected chi connectivity index (χ4v) is 3.93. The number of fused-ring (bicyclic) bond motifs is 1. The molecule has 10 heteroatoms. The summed E-state index contributed by atoms with van der Waals surface area (Å²) < 4.78 is 10.9. The monoisotopic (exact) mass is 497 g/mol. The van der Waals surface area contributed by atoms with E-state index in [1.807, 2.05) is 30.3 Å². The lowest BCUT2D eigenvalue weighted by Gasteiger charge is -2.23. The molecule has 2 amide bonds. The number of nitrogens with one attached hydrogen (secondary N) is 4. The minimum Gasteiger partial charge on any atom is -0.497 e. The number of amides is 2. The van der Waals surface area contributed by atoms with Crippen LogP contribution in [0, 0.1) is 0 Å². The number of carbonyl (C=O) groups is 2. The normalized spacial score (nSPS) is 14.2. The standard InChI is InChI=1S/C27H23N5O5/c1-36-18-11-7-17(8-12-18)29-27-31-24-23(26(35)32-27)21(15-22(33)30-24)25(34)28-16-9-13-20(14-10-16)37-19-5-3-2-4-6-19/h2-14,21H,15H2,1H3,(H,28,34)(H3,29,30,31,32,33,35)/t21-/m1/s1. The first kappa shape index (κ1) is 23.6. The van der Waals surface area contributed by atoms with E-state index in [9.17, 15) is 14.4 Å². The molecular formula is C27H23N5O5. The Balaban J connectivity index is 1.32. The van der Waals surface area contributed by atoms with Crippen molar-refractivity contribution in [2.45, 2.75) is 12.3 Å². The zero-order valence-corrected chi connectivity index (χ0v) is 19.8. The molecule has 0 bridgehead atoms. The largest absolute Gasteiger partial charge is 0.497 e. The van der Waals surface area contributed by atoms with Gasteiger partial charge >= 0.3 is 0 Å². The lowest BCUT2D eigenvalue weighted by Crippen LogP contribution is -2.36. The van der Waals surface area contributed by atoms with Crippen molar-refractivity contribution in [3.63, 3.8) is 0 Å². The fourth-order valence-electron chi connectivity index (χ4n) is 3.93. The van der Waals surface area contributed by atoms with Gasteiger partial charge in [-0.15, -0.1) is 0 Å². The van der Waals surface area contributed by atoms with Gasteiger partial charge in [-0.1, -0.05) is 18.2 Å². The van der Waals surface area contributed by atoms with E-state index in [2.05, 4.69) is 25.9 Å². The van der Waals surface area contributed by atoms with Crippen LogP contribution < -0.4 is 31.0 Å². The van der Waals surface area contributed by atoms with Crippen molar-refractivity contribution >= 4 is 35.0 Å². The summed E-state index contributed by atoms with van der Waals surface area (Å²) in [6.07, 6.45) is -0.177. The number of H-pyrrole nitrogens is 1. The van der Waals surface area contributed by atoms with Crippen LogP contribution in [0.25, 0.3) is 0 Å². The van der Waals surface area contributed by atoms with Crippen LogP contribution in [-0.2, 0) is 9.59 Å². The third-order valence-corrected chi connectivity index (χ3v) is 5.72. The molecule has 0 saturated heterocycles. The first-order valence-corrected chi connectivity index (χ1v) is 11.5. The molecular weight excluding hydrogens is 474 g/mol. The molecule has 37 heavy (non-hydrogen) atoms. The third kappa shape index (κ3) is 5.43. The van der Waals surface area contributed by atoms with Gasteiger partial charge in [-0.25, -0.2) is 0 Å². The Morgan fingerprint density at radius 3 is 2.24 bits per heavy atom. The van der Waals surface area contributed by atoms with Crippen LogP contribution in [0.3, 0.4) is 0 Å². The minimum atomic E-state index is -1.00. The van der Waals surface area contributed by atoms with Crippen LogP contribution in [-0.4, -0.2) is 28.9 Å². The molecule has 2 heterocycles. The number of ether oxygens (including phenoxy) is 2. The highest BCUT2D eigenvalue weighted by Gasteiger charge is 2.34. The number of nitrogens with zero attached hydrogens (tertiary/aromatic N) is 1. The molecule has 1 atom stereocenters. The molecule has 4 aromatic rings. The Kier molecular flexibility index (Phi) is 6.54. The molecule has 3 aromatic carbocycles. The second kappa shape index (κ2) is 10.2. The first-order valence-electron chi connectivity index (χ1n) is 11.5. The van der Waals surface area contributed by atoms with Gasteiger partial charge in [-0.05, 0) is 60.7 Å². The van der Waals surface area contributed by atoms with E-state index in [4.69, 9.17) is 9.47 Å². The van der Waals surface area contributed by atoms with E-state index in [1.165, 1.54) is 0 Å². The maximum absolute atomic E-state index is 13.1. The van der Waals surface area contributed by atoms with Gasteiger partial charge in [-0.3, -0.25) is 19.4 Å². The number of anilines is 4. The summed E-state index contributed by atoms with van der Waals surface area (Å²) in [5, 5.41) is 8.35. The minimum absolute atomic E-state index is 0.0442. The lowest BCUT2D eigenvalue weighted by molar-refractivity contribution is -0.123. The summed E-state index contributed by atoms with van der Waals surface area (Å²) in [4.78, 5) is 45.4. The summed E-state index contributed by atoms with van der Waals surface area (Å²) in [7, 11) is 1.57. The van der Waals surface area contributed by atoms with E-state index in [-0.39, 0.29) is 23.8 Å². The lowest BCUT2D eigenvalue weighted by atomic mass is 9.92. The summed E-state index contributed by atoms with van der Waals surface area (Å²) in [5.74, 6) is 0.240. The third-order valence-electron chi connectivity index (χ3n) is 5.72. The number of hydrogen-bond acceptors (Lipinski definition) is 7. The number of methoxy groups -OCH3 is 1. The number of benzene rings is 3. The van der Waals surface area contributed by atoms with Crippen molar-refractivity contribution in [1.29, 1.82) is 0 Å². The van der Waals surface area contributed by atoms with Crippen molar-refractivity contribution in [1.82, 2.24) is 9.97 Å². The predicted molar refractivity (Wildman–Crippen MR) is 139 cm³/mol. The Morgan fingerprint density at radius 2 is 1.54 bits per heavy atom. The van der Waals surface area contributed by atoms with Crippen LogP contribution in [0.4, 0.5) is 23.1 Å². The highest BCUT2D eigenvalue weighted by atomic mass is 16.5. The molecule has 1 aromatic heterocycles. The molecule has 5 rings (SSSR count). The second-order valence-corrected chi connectivity index (χ2v) is 8.26. The van der Waals surface area contributed by atoms with Gasteiger partial charge in [0.05, 0.1) is 18.6 Å². The van der Waals surface area contributed by atoms with Crippen molar-refractivity contribution in [2.75, 3.05) is 23.1 Å². The molecule has 0 spiro atoms. The van der Waals surface area contributed by atoms with E-state index in [0.29, 0.717) is 28.6 Å². The number of aromatic nitrogens is 2. The average Bonchev–Trinajstić information content (AvgIpc) is 2.90. The van der Waals surface area contributed by atoms with E-state index < -0.39 is 23.3 Å². The van der Waals surface area contributed by atoms with Crippen LogP contribution in [0.1, 0.15) is 17.9 Å². The molecule has 1 aliphatic heterocycles. The molecule has 0 aliphatic carbocycles. The zero-order valence-electron chi connectivity index (χ0n) is 19.8. The van der Waals surface area contributed by atoms with E-state index in [0.717, 1.165) is 0 Å². The number of hydrogen-bond donors (Lipinski definition) is 4. The van der Waals surface area contributed by atoms with Gasteiger partial charge < -0.3 is 25.4 Å². The SMILES string of the molecule is COc1ccc(Nc2nc3c(c(=O)[nH]2)[C@H](C(=O)Nc2ccc(Oc4ccccc4)cc2)CC(=O)N3)cc1. The molecule has 0 radical (unpaired) electrons.